The summed E-state index contributed by atoms with van der Waals surface area (Å²) in [6.07, 6.45) is 3.90. The highest BCUT2D eigenvalue weighted by Crippen LogP contribution is 2.09. The van der Waals surface area contributed by atoms with E-state index in [1.54, 1.807) is 12.4 Å². The zero-order chi connectivity index (χ0) is 12.0. The zero-order valence-corrected chi connectivity index (χ0v) is 10.4. The number of alkyl halides is 1. The second-order valence-corrected chi connectivity index (χ2v) is 4.29. The van der Waals surface area contributed by atoms with Gasteiger partial charge in [-0.15, -0.1) is 11.6 Å². The van der Waals surface area contributed by atoms with Crippen molar-refractivity contribution < 1.29 is 4.79 Å². The van der Waals surface area contributed by atoms with Gasteiger partial charge in [0.25, 0.3) is 0 Å². The van der Waals surface area contributed by atoms with Gasteiger partial charge in [0.2, 0.25) is 5.91 Å². The van der Waals surface area contributed by atoms with Crippen LogP contribution < -0.4 is 0 Å². The van der Waals surface area contributed by atoms with Crippen molar-refractivity contribution in [2.24, 2.45) is 0 Å². The highest BCUT2D eigenvalue weighted by Gasteiger charge is 2.16. The van der Waals surface area contributed by atoms with Crippen molar-refractivity contribution >= 4 is 17.5 Å². The Morgan fingerprint density at radius 3 is 2.81 bits per heavy atom. The molecule has 0 atom stereocenters. The first kappa shape index (κ1) is 13.0. The predicted octanol–water partition coefficient (Wildman–Crippen LogP) is 2.45. The zero-order valence-electron chi connectivity index (χ0n) is 9.69. The summed E-state index contributed by atoms with van der Waals surface area (Å²) in [6, 6.07) is 4.02. The van der Waals surface area contributed by atoms with Crippen LogP contribution in [0.15, 0.2) is 24.5 Å². The summed E-state index contributed by atoms with van der Waals surface area (Å²) in [7, 11) is 0. The molecular weight excluding hydrogens is 224 g/mol. The van der Waals surface area contributed by atoms with E-state index in [1.165, 1.54) is 0 Å². The third-order valence-corrected chi connectivity index (χ3v) is 2.52. The third kappa shape index (κ3) is 3.81. The van der Waals surface area contributed by atoms with Crippen LogP contribution in [0.3, 0.4) is 0 Å². The molecule has 3 nitrogen and oxygen atoms in total. The van der Waals surface area contributed by atoms with Gasteiger partial charge in [-0.3, -0.25) is 9.78 Å². The topological polar surface area (TPSA) is 33.2 Å². The highest BCUT2D eigenvalue weighted by molar-refractivity contribution is 6.18. The van der Waals surface area contributed by atoms with Crippen LogP contribution in [0, 0.1) is 0 Å². The average molecular weight is 241 g/mol. The molecule has 0 bridgehead atoms. The lowest BCUT2D eigenvalue weighted by Crippen LogP contribution is -2.36. The molecule has 88 valence electrons. The molecule has 1 rings (SSSR count). The summed E-state index contributed by atoms with van der Waals surface area (Å²) in [5.41, 5.74) is 1.04. The number of nitrogens with zero attached hydrogens (tertiary/aromatic N) is 2. The smallest absolute Gasteiger partial charge is 0.224 e. The van der Waals surface area contributed by atoms with Crippen molar-refractivity contribution in [3.05, 3.63) is 30.1 Å². The fourth-order valence-corrected chi connectivity index (χ4v) is 1.63. The van der Waals surface area contributed by atoms with Gasteiger partial charge in [0, 0.05) is 37.3 Å². The Morgan fingerprint density at radius 2 is 2.31 bits per heavy atom. The molecule has 0 aromatic carbocycles. The van der Waals surface area contributed by atoms with Crippen molar-refractivity contribution in [1.82, 2.24) is 9.88 Å². The van der Waals surface area contributed by atoms with Gasteiger partial charge < -0.3 is 4.90 Å². The third-order valence-electron chi connectivity index (χ3n) is 2.33. The van der Waals surface area contributed by atoms with Gasteiger partial charge in [0.05, 0.1) is 0 Å². The summed E-state index contributed by atoms with van der Waals surface area (Å²) in [6.45, 7) is 4.60. The van der Waals surface area contributed by atoms with Crippen molar-refractivity contribution in [1.29, 1.82) is 0 Å². The van der Waals surface area contributed by atoms with Crippen LogP contribution >= 0.6 is 11.6 Å². The fourth-order valence-electron chi connectivity index (χ4n) is 1.47. The molecule has 0 radical (unpaired) electrons. The molecule has 16 heavy (non-hydrogen) atoms. The van der Waals surface area contributed by atoms with E-state index in [0.29, 0.717) is 18.8 Å². The molecule has 0 spiro atoms. The number of carbonyl (C=O) groups excluding carboxylic acids is 1. The van der Waals surface area contributed by atoms with E-state index in [2.05, 4.69) is 4.98 Å². The summed E-state index contributed by atoms with van der Waals surface area (Å²) in [4.78, 5) is 17.7. The Balaban J connectivity index is 2.69. The molecule has 0 N–H and O–H groups in total. The van der Waals surface area contributed by atoms with E-state index < -0.39 is 0 Å². The molecule has 1 aromatic heterocycles. The molecule has 4 heteroatoms. The number of hydrogen-bond acceptors (Lipinski definition) is 2. The van der Waals surface area contributed by atoms with E-state index in [9.17, 15) is 4.79 Å². The minimum absolute atomic E-state index is 0.0915. The largest absolute Gasteiger partial charge is 0.336 e. The quantitative estimate of drug-likeness (QED) is 0.741. The second-order valence-electron chi connectivity index (χ2n) is 3.92. The molecule has 1 heterocycles. The monoisotopic (exact) mass is 240 g/mol. The van der Waals surface area contributed by atoms with Gasteiger partial charge in [-0.05, 0) is 25.5 Å². The van der Waals surface area contributed by atoms with Crippen molar-refractivity contribution in [3.63, 3.8) is 0 Å². The molecule has 0 saturated carbocycles. The maximum Gasteiger partial charge on any atom is 0.224 e. The first-order valence-corrected chi connectivity index (χ1v) is 5.93. The van der Waals surface area contributed by atoms with E-state index >= 15 is 0 Å². The first-order valence-electron chi connectivity index (χ1n) is 5.39. The van der Waals surface area contributed by atoms with Crippen LogP contribution in [-0.4, -0.2) is 27.7 Å². The lowest BCUT2D eigenvalue weighted by molar-refractivity contribution is -0.133. The number of hydrogen-bond donors (Lipinski definition) is 0. The predicted molar refractivity (Wildman–Crippen MR) is 65.3 cm³/mol. The summed E-state index contributed by atoms with van der Waals surface area (Å²) in [5.74, 6) is 0.462. The van der Waals surface area contributed by atoms with Crippen LogP contribution in [0.4, 0.5) is 0 Å². The number of pyridine rings is 1. The van der Waals surface area contributed by atoms with Crippen LogP contribution in [0.5, 0.6) is 0 Å². The summed E-state index contributed by atoms with van der Waals surface area (Å²) < 4.78 is 0. The van der Waals surface area contributed by atoms with Gasteiger partial charge in [-0.25, -0.2) is 0 Å². The first-order chi connectivity index (χ1) is 7.65. The molecule has 0 aliphatic carbocycles. The summed E-state index contributed by atoms with van der Waals surface area (Å²) in [5, 5.41) is 0. The Hall–Kier alpha value is -1.09. The average Bonchev–Trinajstić information content (AvgIpc) is 2.27. The van der Waals surface area contributed by atoms with Crippen molar-refractivity contribution in [2.45, 2.75) is 32.9 Å². The molecule has 1 aromatic rings. The molecule has 0 fully saturated rings. The number of carbonyl (C=O) groups is 1. The summed E-state index contributed by atoms with van der Waals surface area (Å²) >= 11 is 5.59. The fraction of sp³-hybridized carbons (Fsp3) is 0.500. The number of halogens is 1. The SMILES string of the molecule is CC(C)N(Cc1cccnc1)C(=O)CCCl. The van der Waals surface area contributed by atoms with Crippen LogP contribution in [-0.2, 0) is 11.3 Å². The van der Waals surface area contributed by atoms with Crippen LogP contribution in [0.1, 0.15) is 25.8 Å². The lowest BCUT2D eigenvalue weighted by atomic mass is 10.2. The lowest BCUT2D eigenvalue weighted by Gasteiger charge is -2.26. The molecule has 0 aliphatic heterocycles. The molecule has 0 aliphatic rings. The van der Waals surface area contributed by atoms with Crippen molar-refractivity contribution in [2.75, 3.05) is 5.88 Å². The molecule has 0 saturated heterocycles. The maximum atomic E-state index is 11.8. The Morgan fingerprint density at radius 1 is 1.56 bits per heavy atom. The van der Waals surface area contributed by atoms with Gasteiger partial charge in [-0.1, -0.05) is 6.07 Å². The van der Waals surface area contributed by atoms with E-state index in [4.69, 9.17) is 11.6 Å². The van der Waals surface area contributed by atoms with Gasteiger partial charge in [-0.2, -0.15) is 0 Å². The van der Waals surface area contributed by atoms with Crippen LogP contribution in [0.2, 0.25) is 0 Å². The normalized spacial score (nSPS) is 10.5. The molecule has 0 unspecified atom stereocenters. The Bertz CT molecular complexity index is 327. The van der Waals surface area contributed by atoms with E-state index in [0.717, 1.165) is 5.56 Å². The number of amides is 1. The molecule has 1 amide bonds. The van der Waals surface area contributed by atoms with E-state index in [1.807, 2.05) is 30.9 Å². The van der Waals surface area contributed by atoms with Gasteiger partial charge in [0.1, 0.15) is 0 Å². The standard InChI is InChI=1S/C12H17ClN2O/c1-10(2)15(12(16)5-6-13)9-11-4-3-7-14-8-11/h3-4,7-8,10H,5-6,9H2,1-2H3. The van der Waals surface area contributed by atoms with Gasteiger partial charge >= 0.3 is 0 Å². The van der Waals surface area contributed by atoms with Crippen molar-refractivity contribution in [3.8, 4) is 0 Å². The number of rotatable bonds is 5. The van der Waals surface area contributed by atoms with Gasteiger partial charge in [0.15, 0.2) is 0 Å². The van der Waals surface area contributed by atoms with E-state index in [-0.39, 0.29) is 11.9 Å². The minimum atomic E-state index is 0.0915. The number of aromatic nitrogens is 1. The minimum Gasteiger partial charge on any atom is -0.336 e. The van der Waals surface area contributed by atoms with Crippen LogP contribution in [0.25, 0.3) is 0 Å². The Kier molecular flexibility index (Phi) is 5.26. The second kappa shape index (κ2) is 6.48. The molecular formula is C12H17ClN2O. The maximum absolute atomic E-state index is 11.8. The highest BCUT2D eigenvalue weighted by atomic mass is 35.5. The Labute approximate surface area is 101 Å².